The predicted molar refractivity (Wildman–Crippen MR) is 80.4 cm³/mol. The number of pyridine rings is 1. The van der Waals surface area contributed by atoms with E-state index in [0.29, 0.717) is 5.56 Å². The Morgan fingerprint density at radius 2 is 2.00 bits per heavy atom. The molecule has 2 heterocycles. The average Bonchev–Trinajstić information content (AvgIpc) is 2.46. The second-order valence-electron chi connectivity index (χ2n) is 6.37. The van der Waals surface area contributed by atoms with Crippen LogP contribution in [0.4, 0.5) is 5.82 Å². The van der Waals surface area contributed by atoms with Crippen LogP contribution in [-0.2, 0) is 9.53 Å². The molecule has 0 spiro atoms. The number of rotatable bonds is 3. The first-order valence-corrected chi connectivity index (χ1v) is 7.29. The van der Waals surface area contributed by atoms with Gasteiger partial charge < -0.3 is 14.4 Å². The van der Waals surface area contributed by atoms with Gasteiger partial charge in [0.1, 0.15) is 17.7 Å². The van der Waals surface area contributed by atoms with Crippen LogP contribution < -0.4 is 4.90 Å². The molecule has 114 valence electrons. The van der Waals surface area contributed by atoms with Gasteiger partial charge in [-0.1, -0.05) is 0 Å². The molecule has 5 nitrogen and oxygen atoms in total. The van der Waals surface area contributed by atoms with E-state index in [1.165, 1.54) is 0 Å². The molecule has 0 aliphatic carbocycles. The monoisotopic (exact) mass is 290 g/mol. The number of carbonyl (C=O) groups excluding carboxylic acids is 2. The quantitative estimate of drug-likeness (QED) is 0.632. The van der Waals surface area contributed by atoms with Gasteiger partial charge in [0, 0.05) is 25.2 Å². The lowest BCUT2D eigenvalue weighted by Gasteiger charge is -2.30. The summed E-state index contributed by atoms with van der Waals surface area (Å²) in [6.45, 7) is 7.15. The zero-order chi connectivity index (χ0) is 15.5. The van der Waals surface area contributed by atoms with Crippen molar-refractivity contribution in [2.75, 3.05) is 18.0 Å². The summed E-state index contributed by atoms with van der Waals surface area (Å²) in [5.74, 6) is 0.648. The molecule has 5 heteroatoms. The second kappa shape index (κ2) is 6.24. The number of carbonyl (C=O) groups is 2. The molecule has 0 aromatic carbocycles. The van der Waals surface area contributed by atoms with Gasteiger partial charge >= 0.3 is 5.97 Å². The number of aromatic nitrogens is 1. The maximum absolute atomic E-state index is 11.9. The van der Waals surface area contributed by atoms with Crippen molar-refractivity contribution in [3.8, 4) is 0 Å². The highest BCUT2D eigenvalue weighted by atomic mass is 16.6. The van der Waals surface area contributed by atoms with E-state index in [-0.39, 0.29) is 11.9 Å². The van der Waals surface area contributed by atoms with E-state index in [9.17, 15) is 9.59 Å². The standard InChI is InChI=1S/C16H22N2O3/c1-16(2,3)21-15(20)13-4-5-14(17-10-13)18-8-6-12(11-19)7-9-18/h4-5,10-12H,6-9H2,1-3H3. The summed E-state index contributed by atoms with van der Waals surface area (Å²) in [6.07, 6.45) is 4.31. The summed E-state index contributed by atoms with van der Waals surface area (Å²) in [5.41, 5.74) is -0.0524. The molecule has 1 aliphatic rings. The Hall–Kier alpha value is -1.91. The summed E-state index contributed by atoms with van der Waals surface area (Å²) in [4.78, 5) is 29.1. The average molecular weight is 290 g/mol. The van der Waals surface area contributed by atoms with Crippen LogP contribution >= 0.6 is 0 Å². The van der Waals surface area contributed by atoms with Gasteiger partial charge in [-0.3, -0.25) is 0 Å². The largest absolute Gasteiger partial charge is 0.456 e. The Morgan fingerprint density at radius 1 is 1.33 bits per heavy atom. The van der Waals surface area contributed by atoms with Crippen LogP contribution in [0.5, 0.6) is 0 Å². The van der Waals surface area contributed by atoms with E-state index in [1.54, 1.807) is 12.3 Å². The van der Waals surface area contributed by atoms with E-state index < -0.39 is 5.60 Å². The molecule has 1 aromatic heterocycles. The van der Waals surface area contributed by atoms with Crippen molar-refractivity contribution < 1.29 is 14.3 Å². The zero-order valence-corrected chi connectivity index (χ0v) is 12.8. The molecule has 21 heavy (non-hydrogen) atoms. The van der Waals surface area contributed by atoms with Gasteiger partial charge in [-0.05, 0) is 45.7 Å². The Labute approximate surface area is 125 Å². The minimum Gasteiger partial charge on any atom is -0.456 e. The molecule has 1 aliphatic heterocycles. The van der Waals surface area contributed by atoms with Crippen LogP contribution in [0.3, 0.4) is 0 Å². The predicted octanol–water partition coefficient (Wildman–Crippen LogP) is 2.45. The van der Waals surface area contributed by atoms with Gasteiger partial charge in [-0.25, -0.2) is 9.78 Å². The summed E-state index contributed by atoms with van der Waals surface area (Å²) >= 11 is 0. The minimum absolute atomic E-state index is 0.169. The maximum Gasteiger partial charge on any atom is 0.340 e. The fraction of sp³-hybridized carbons (Fsp3) is 0.562. The minimum atomic E-state index is -0.507. The first kappa shape index (κ1) is 15.5. The van der Waals surface area contributed by atoms with Crippen LogP contribution in [0.25, 0.3) is 0 Å². The number of nitrogens with zero attached hydrogens (tertiary/aromatic N) is 2. The fourth-order valence-corrected chi connectivity index (χ4v) is 2.30. The van der Waals surface area contributed by atoms with Crippen molar-refractivity contribution >= 4 is 18.1 Å². The van der Waals surface area contributed by atoms with Crippen molar-refractivity contribution in [2.45, 2.75) is 39.2 Å². The number of piperidine rings is 1. The molecule has 1 saturated heterocycles. The molecular formula is C16H22N2O3. The third-order valence-corrected chi connectivity index (χ3v) is 3.44. The Morgan fingerprint density at radius 3 is 2.48 bits per heavy atom. The van der Waals surface area contributed by atoms with Gasteiger partial charge in [-0.2, -0.15) is 0 Å². The van der Waals surface area contributed by atoms with Crippen LogP contribution in [0.1, 0.15) is 44.0 Å². The zero-order valence-electron chi connectivity index (χ0n) is 12.8. The van der Waals surface area contributed by atoms with Gasteiger partial charge in [-0.15, -0.1) is 0 Å². The summed E-state index contributed by atoms with van der Waals surface area (Å²) in [7, 11) is 0. The highest BCUT2D eigenvalue weighted by Gasteiger charge is 2.21. The third-order valence-electron chi connectivity index (χ3n) is 3.44. The van der Waals surface area contributed by atoms with Crippen LogP contribution in [0, 0.1) is 5.92 Å². The van der Waals surface area contributed by atoms with Crippen LogP contribution in [0.2, 0.25) is 0 Å². The van der Waals surface area contributed by atoms with E-state index in [4.69, 9.17) is 4.74 Å². The number of ether oxygens (including phenoxy) is 1. The highest BCUT2D eigenvalue weighted by molar-refractivity contribution is 5.89. The lowest BCUT2D eigenvalue weighted by molar-refractivity contribution is -0.111. The second-order valence-corrected chi connectivity index (χ2v) is 6.37. The van der Waals surface area contributed by atoms with E-state index >= 15 is 0 Å². The molecule has 0 bridgehead atoms. The summed E-state index contributed by atoms with van der Waals surface area (Å²) in [5, 5.41) is 0. The normalized spacial score (nSPS) is 16.6. The number of aldehydes is 1. The molecule has 0 N–H and O–H groups in total. The van der Waals surface area contributed by atoms with Crippen molar-refractivity contribution in [1.82, 2.24) is 4.98 Å². The highest BCUT2D eigenvalue weighted by Crippen LogP contribution is 2.21. The number of hydrogen-bond donors (Lipinski definition) is 0. The number of anilines is 1. The smallest absolute Gasteiger partial charge is 0.340 e. The molecule has 2 rings (SSSR count). The molecule has 0 atom stereocenters. The topological polar surface area (TPSA) is 59.5 Å². The Bertz CT molecular complexity index is 497. The SMILES string of the molecule is CC(C)(C)OC(=O)c1ccc(N2CCC(C=O)CC2)nc1. The summed E-state index contributed by atoms with van der Waals surface area (Å²) < 4.78 is 5.31. The van der Waals surface area contributed by atoms with Crippen molar-refractivity contribution in [3.63, 3.8) is 0 Å². The fourth-order valence-electron chi connectivity index (χ4n) is 2.30. The molecular weight excluding hydrogens is 268 g/mol. The Balaban J connectivity index is 1.99. The summed E-state index contributed by atoms with van der Waals surface area (Å²) in [6, 6.07) is 3.57. The van der Waals surface area contributed by atoms with E-state index in [0.717, 1.165) is 38.0 Å². The third kappa shape index (κ3) is 4.28. The Kier molecular flexibility index (Phi) is 4.60. The van der Waals surface area contributed by atoms with Crippen LogP contribution in [-0.4, -0.2) is 35.9 Å². The van der Waals surface area contributed by atoms with Gasteiger partial charge in [0.2, 0.25) is 0 Å². The number of esters is 1. The number of hydrogen-bond acceptors (Lipinski definition) is 5. The maximum atomic E-state index is 11.9. The molecule has 1 aromatic rings. The van der Waals surface area contributed by atoms with Crippen LogP contribution in [0.15, 0.2) is 18.3 Å². The molecule has 0 unspecified atom stereocenters. The molecule has 1 fully saturated rings. The van der Waals surface area contributed by atoms with E-state index in [1.807, 2.05) is 26.8 Å². The van der Waals surface area contributed by atoms with E-state index in [2.05, 4.69) is 9.88 Å². The van der Waals surface area contributed by atoms with Gasteiger partial charge in [0.25, 0.3) is 0 Å². The molecule has 0 saturated carbocycles. The molecule has 0 amide bonds. The van der Waals surface area contributed by atoms with Gasteiger partial charge in [0.15, 0.2) is 0 Å². The van der Waals surface area contributed by atoms with Gasteiger partial charge in [0.05, 0.1) is 5.56 Å². The lowest BCUT2D eigenvalue weighted by Crippen LogP contribution is -2.34. The molecule has 0 radical (unpaired) electrons. The lowest BCUT2D eigenvalue weighted by atomic mass is 9.99. The van der Waals surface area contributed by atoms with Crippen molar-refractivity contribution in [1.29, 1.82) is 0 Å². The van der Waals surface area contributed by atoms with Crippen molar-refractivity contribution in [3.05, 3.63) is 23.9 Å². The first-order valence-electron chi connectivity index (χ1n) is 7.29. The van der Waals surface area contributed by atoms with Crippen molar-refractivity contribution in [2.24, 2.45) is 5.92 Å². The first-order chi connectivity index (χ1) is 9.89.